The van der Waals surface area contributed by atoms with Gasteiger partial charge in [0.05, 0.1) is 0 Å². The van der Waals surface area contributed by atoms with Gasteiger partial charge in [0.2, 0.25) is 0 Å². The Morgan fingerprint density at radius 1 is 0.963 bits per heavy atom. The van der Waals surface area contributed by atoms with Crippen molar-refractivity contribution >= 4 is 0 Å². The summed E-state index contributed by atoms with van der Waals surface area (Å²) in [7, 11) is 0. The van der Waals surface area contributed by atoms with Crippen LogP contribution in [0.5, 0.6) is 5.75 Å². The quantitative estimate of drug-likeness (QED) is 0.500. The minimum absolute atomic E-state index is 0.0112. The Kier molecular flexibility index (Phi) is 7.41. The van der Waals surface area contributed by atoms with Gasteiger partial charge in [0.1, 0.15) is 11.6 Å². The number of phenols is 1. The van der Waals surface area contributed by atoms with E-state index in [2.05, 4.69) is 41.5 Å². The fourth-order valence-electron chi connectivity index (χ4n) is 3.86. The predicted molar refractivity (Wildman–Crippen MR) is 112 cm³/mol. The van der Waals surface area contributed by atoms with Gasteiger partial charge in [-0.05, 0) is 59.9 Å². The lowest BCUT2D eigenvalue weighted by atomic mass is 9.84. The van der Waals surface area contributed by atoms with Crippen LogP contribution >= 0.6 is 0 Å². The van der Waals surface area contributed by atoms with Gasteiger partial charge in [-0.25, -0.2) is 4.39 Å². The molecule has 0 aliphatic carbocycles. The summed E-state index contributed by atoms with van der Waals surface area (Å²) in [5.41, 5.74) is 6.42. The number of rotatable bonds is 8. The molecule has 0 fully saturated rings. The minimum atomic E-state index is -0.413. The molecule has 0 aliphatic heterocycles. The smallest absolute Gasteiger partial charge is 0.126 e. The summed E-state index contributed by atoms with van der Waals surface area (Å²) in [5, 5.41) is 10.6. The second-order valence-corrected chi connectivity index (χ2v) is 8.00. The van der Waals surface area contributed by atoms with Crippen LogP contribution in [0.2, 0.25) is 0 Å². The minimum Gasteiger partial charge on any atom is -0.507 e. The van der Waals surface area contributed by atoms with E-state index in [9.17, 15) is 9.50 Å². The topological polar surface area (TPSA) is 33.1 Å². The molecule has 27 heavy (non-hydrogen) atoms. The Labute approximate surface area is 163 Å². The Balaban J connectivity index is 2.85. The Bertz CT molecular complexity index is 780. The predicted octanol–water partition coefficient (Wildman–Crippen LogP) is 7.14. The second kappa shape index (κ2) is 9.34. The van der Waals surface area contributed by atoms with Crippen molar-refractivity contribution in [3.05, 3.63) is 46.5 Å². The van der Waals surface area contributed by atoms with E-state index in [0.717, 1.165) is 48.2 Å². The van der Waals surface area contributed by atoms with E-state index in [1.165, 1.54) is 29.7 Å². The first-order valence-corrected chi connectivity index (χ1v) is 10.4. The van der Waals surface area contributed by atoms with Crippen LogP contribution in [-0.2, 0) is 12.8 Å². The molecule has 0 saturated heterocycles. The van der Waals surface area contributed by atoms with Gasteiger partial charge in [0, 0.05) is 23.0 Å². The van der Waals surface area contributed by atoms with Crippen molar-refractivity contribution in [3.63, 3.8) is 0 Å². The standard InChI is InChI=1S/C24H34FNO/c1-7-9-10-11-20-22(19-13-12-17(25)14-21(19)27)18(8-2)23(15(3)4)26-24(20)16(5)6/h12-16,27H,7-11H2,1-6H3. The fourth-order valence-corrected chi connectivity index (χ4v) is 3.86. The zero-order chi connectivity index (χ0) is 20.1. The fraction of sp³-hybridized carbons (Fsp3) is 0.542. The molecule has 0 radical (unpaired) electrons. The summed E-state index contributed by atoms with van der Waals surface area (Å²) in [6.07, 6.45) is 5.20. The maximum Gasteiger partial charge on any atom is 0.126 e. The van der Waals surface area contributed by atoms with Crippen LogP contribution in [0.25, 0.3) is 11.1 Å². The zero-order valence-electron chi connectivity index (χ0n) is 17.7. The molecule has 0 amide bonds. The average molecular weight is 372 g/mol. The molecule has 2 rings (SSSR count). The number of unbranched alkanes of at least 4 members (excludes halogenated alkanes) is 2. The van der Waals surface area contributed by atoms with Crippen molar-refractivity contribution in [2.24, 2.45) is 0 Å². The molecule has 1 heterocycles. The highest BCUT2D eigenvalue weighted by Gasteiger charge is 2.24. The number of hydrogen-bond acceptors (Lipinski definition) is 2. The van der Waals surface area contributed by atoms with Gasteiger partial charge < -0.3 is 5.11 Å². The number of phenolic OH excluding ortho intramolecular Hbond substituents is 1. The molecule has 1 N–H and O–H groups in total. The molecule has 1 aromatic heterocycles. The van der Waals surface area contributed by atoms with Crippen LogP contribution < -0.4 is 0 Å². The molecule has 0 spiro atoms. The largest absolute Gasteiger partial charge is 0.507 e. The molecule has 148 valence electrons. The van der Waals surface area contributed by atoms with E-state index in [4.69, 9.17) is 4.98 Å². The van der Waals surface area contributed by atoms with Gasteiger partial charge in [-0.1, -0.05) is 54.4 Å². The van der Waals surface area contributed by atoms with Crippen LogP contribution in [0.1, 0.15) is 95.2 Å². The van der Waals surface area contributed by atoms with E-state index < -0.39 is 5.82 Å². The van der Waals surface area contributed by atoms with Crippen LogP contribution in [0.3, 0.4) is 0 Å². The van der Waals surface area contributed by atoms with Gasteiger partial charge in [-0.3, -0.25) is 4.98 Å². The van der Waals surface area contributed by atoms with Crippen molar-refractivity contribution in [1.82, 2.24) is 4.98 Å². The van der Waals surface area contributed by atoms with Gasteiger partial charge in [-0.15, -0.1) is 0 Å². The van der Waals surface area contributed by atoms with Gasteiger partial charge in [0.15, 0.2) is 0 Å². The molecular formula is C24H34FNO. The third-order valence-electron chi connectivity index (χ3n) is 5.17. The number of pyridine rings is 1. The summed E-state index contributed by atoms with van der Waals surface area (Å²) < 4.78 is 13.6. The van der Waals surface area contributed by atoms with E-state index >= 15 is 0 Å². The van der Waals surface area contributed by atoms with E-state index in [-0.39, 0.29) is 5.75 Å². The van der Waals surface area contributed by atoms with Crippen molar-refractivity contribution < 1.29 is 9.50 Å². The number of hydrogen-bond donors (Lipinski definition) is 1. The molecule has 0 unspecified atom stereocenters. The lowest BCUT2D eigenvalue weighted by molar-refractivity contribution is 0.471. The Hall–Kier alpha value is -1.90. The lowest BCUT2D eigenvalue weighted by Gasteiger charge is -2.25. The molecule has 0 bridgehead atoms. The number of benzene rings is 1. The first-order chi connectivity index (χ1) is 12.8. The SMILES string of the molecule is CCCCCc1c(C(C)C)nc(C(C)C)c(CC)c1-c1ccc(F)cc1O. The van der Waals surface area contributed by atoms with Gasteiger partial charge >= 0.3 is 0 Å². The third-order valence-corrected chi connectivity index (χ3v) is 5.17. The van der Waals surface area contributed by atoms with Crippen LogP contribution in [0, 0.1) is 5.82 Å². The number of aromatic hydroxyl groups is 1. The molecule has 3 heteroatoms. The molecule has 2 aromatic rings. The number of aromatic nitrogens is 1. The summed E-state index contributed by atoms with van der Waals surface area (Å²) >= 11 is 0. The Morgan fingerprint density at radius 3 is 2.11 bits per heavy atom. The van der Waals surface area contributed by atoms with Crippen molar-refractivity contribution in [2.75, 3.05) is 0 Å². The Morgan fingerprint density at radius 2 is 1.59 bits per heavy atom. The normalized spacial score (nSPS) is 11.6. The van der Waals surface area contributed by atoms with Crippen molar-refractivity contribution in [1.29, 1.82) is 0 Å². The third kappa shape index (κ3) is 4.69. The van der Waals surface area contributed by atoms with E-state index in [1.54, 1.807) is 6.07 Å². The molecule has 0 atom stereocenters. The first kappa shape index (κ1) is 21.4. The lowest BCUT2D eigenvalue weighted by Crippen LogP contribution is -2.12. The maximum absolute atomic E-state index is 13.6. The molecular weight excluding hydrogens is 337 g/mol. The highest BCUT2D eigenvalue weighted by atomic mass is 19.1. The van der Waals surface area contributed by atoms with Crippen LogP contribution in [-0.4, -0.2) is 10.1 Å². The van der Waals surface area contributed by atoms with Crippen molar-refractivity contribution in [3.8, 4) is 16.9 Å². The summed E-state index contributed by atoms with van der Waals surface area (Å²) in [6, 6.07) is 4.38. The summed E-state index contributed by atoms with van der Waals surface area (Å²) in [6.45, 7) is 13.0. The molecule has 1 aromatic carbocycles. The number of nitrogens with zero attached hydrogens (tertiary/aromatic N) is 1. The monoisotopic (exact) mass is 371 g/mol. The van der Waals surface area contributed by atoms with Crippen molar-refractivity contribution in [2.45, 2.75) is 85.5 Å². The average Bonchev–Trinajstić information content (AvgIpc) is 2.61. The maximum atomic E-state index is 13.6. The van der Waals surface area contributed by atoms with E-state index in [1.807, 2.05) is 0 Å². The molecule has 2 nitrogen and oxygen atoms in total. The van der Waals surface area contributed by atoms with Crippen LogP contribution in [0.4, 0.5) is 4.39 Å². The molecule has 0 aliphatic rings. The van der Waals surface area contributed by atoms with Gasteiger partial charge in [0.25, 0.3) is 0 Å². The summed E-state index contributed by atoms with van der Waals surface area (Å²) in [5.74, 6) is 0.191. The summed E-state index contributed by atoms with van der Waals surface area (Å²) in [4.78, 5) is 5.10. The highest BCUT2D eigenvalue weighted by molar-refractivity contribution is 5.78. The van der Waals surface area contributed by atoms with Gasteiger partial charge in [-0.2, -0.15) is 0 Å². The van der Waals surface area contributed by atoms with E-state index in [0.29, 0.717) is 11.8 Å². The number of halogens is 1. The molecule has 0 saturated carbocycles. The zero-order valence-corrected chi connectivity index (χ0v) is 17.7. The second-order valence-electron chi connectivity index (χ2n) is 8.00. The first-order valence-electron chi connectivity index (χ1n) is 10.4. The highest BCUT2D eigenvalue weighted by Crippen LogP contribution is 2.41. The van der Waals surface area contributed by atoms with Crippen LogP contribution in [0.15, 0.2) is 18.2 Å².